The molecule has 2 heterocycles. The van der Waals surface area contributed by atoms with Gasteiger partial charge in [0.15, 0.2) is 0 Å². The number of hydrogen-bond donors (Lipinski definition) is 2. The summed E-state index contributed by atoms with van der Waals surface area (Å²) in [5, 5.41) is 12.5. The Kier molecular flexibility index (Phi) is 3.46. The third kappa shape index (κ3) is 2.30. The Labute approximate surface area is 153 Å². The molecule has 0 saturated carbocycles. The summed E-state index contributed by atoms with van der Waals surface area (Å²) >= 11 is 0. The molecule has 1 atom stereocenters. The highest BCUT2D eigenvalue weighted by atomic mass is 16.3. The molecule has 2 aliphatic rings. The summed E-state index contributed by atoms with van der Waals surface area (Å²) in [6.45, 7) is 4.31. The first-order valence-corrected chi connectivity index (χ1v) is 9.65. The zero-order valence-corrected chi connectivity index (χ0v) is 15.4. The first kappa shape index (κ1) is 15.7. The van der Waals surface area contributed by atoms with Gasteiger partial charge in [0.05, 0.1) is 17.0 Å². The van der Waals surface area contributed by atoms with Crippen molar-refractivity contribution in [2.24, 2.45) is 5.92 Å². The lowest BCUT2D eigenvalue weighted by atomic mass is 9.81. The lowest BCUT2D eigenvalue weighted by Gasteiger charge is -2.26. The summed E-state index contributed by atoms with van der Waals surface area (Å²) in [5.74, 6) is 0.773. The highest BCUT2D eigenvalue weighted by Gasteiger charge is 2.25. The smallest absolute Gasteiger partial charge is 0.0928 e. The number of nitrogens with zero attached hydrogens (tertiary/aromatic N) is 1. The van der Waals surface area contributed by atoms with Crippen molar-refractivity contribution < 1.29 is 5.11 Å². The van der Waals surface area contributed by atoms with Gasteiger partial charge in [0, 0.05) is 28.4 Å². The number of aliphatic hydroxyl groups excluding tert-OH is 1. The first-order valence-electron chi connectivity index (χ1n) is 9.65. The van der Waals surface area contributed by atoms with Crippen LogP contribution in [0.2, 0.25) is 0 Å². The monoisotopic (exact) mass is 344 g/mol. The van der Waals surface area contributed by atoms with Gasteiger partial charge in [0.1, 0.15) is 0 Å². The average molecular weight is 344 g/mol. The Bertz CT molecular complexity index is 1100. The molecule has 0 fully saturated rings. The number of aryl methyl sites for hydroxylation is 2. The van der Waals surface area contributed by atoms with Crippen LogP contribution in [0.4, 0.5) is 0 Å². The van der Waals surface area contributed by atoms with E-state index in [0.717, 1.165) is 24.1 Å². The van der Waals surface area contributed by atoms with Crippen LogP contribution in [-0.2, 0) is 12.8 Å². The molecule has 3 aromatic rings. The number of benzene rings is 1. The average Bonchev–Trinajstić information content (AvgIpc) is 3.01. The van der Waals surface area contributed by atoms with Crippen LogP contribution in [0.15, 0.2) is 36.1 Å². The SMILES string of the molecule is Cc1cc2c(ccc3nc(C4=CC=C(O)CC4C)c4c(c32)CCCC4)[nH]1. The Morgan fingerprint density at radius 3 is 2.73 bits per heavy atom. The van der Waals surface area contributed by atoms with Gasteiger partial charge < -0.3 is 10.1 Å². The standard InChI is InChI=1S/C23H24N2O/c1-13-11-15(26)7-8-16(13)23-18-6-4-3-5-17(18)22-19-12-14(2)24-20(19)9-10-21(22)25-23/h7-10,12-13,24,26H,3-6,11H2,1-2H3. The number of aliphatic hydroxyl groups is 1. The second-order valence-corrected chi connectivity index (χ2v) is 7.88. The van der Waals surface area contributed by atoms with Crippen LogP contribution in [-0.4, -0.2) is 15.1 Å². The van der Waals surface area contributed by atoms with Crippen LogP contribution >= 0.6 is 0 Å². The molecule has 2 aliphatic carbocycles. The van der Waals surface area contributed by atoms with Crippen LogP contribution in [0.3, 0.4) is 0 Å². The summed E-state index contributed by atoms with van der Waals surface area (Å²) in [6, 6.07) is 6.58. The maximum Gasteiger partial charge on any atom is 0.0928 e. The number of aromatic nitrogens is 2. The van der Waals surface area contributed by atoms with E-state index in [9.17, 15) is 5.11 Å². The topological polar surface area (TPSA) is 48.9 Å². The van der Waals surface area contributed by atoms with Crippen molar-refractivity contribution in [1.29, 1.82) is 0 Å². The molecule has 0 aliphatic heterocycles. The van der Waals surface area contributed by atoms with Gasteiger partial charge >= 0.3 is 0 Å². The molecule has 0 saturated heterocycles. The number of fused-ring (bicyclic) bond motifs is 5. The highest BCUT2D eigenvalue weighted by molar-refractivity contribution is 6.08. The van der Waals surface area contributed by atoms with E-state index in [1.54, 1.807) is 0 Å². The number of pyridine rings is 1. The fraction of sp³-hybridized carbons (Fsp3) is 0.348. The third-order valence-electron chi connectivity index (χ3n) is 5.98. The van der Waals surface area contributed by atoms with Gasteiger partial charge in [0.25, 0.3) is 0 Å². The van der Waals surface area contributed by atoms with Crippen molar-refractivity contribution in [1.82, 2.24) is 9.97 Å². The van der Waals surface area contributed by atoms with Crippen LogP contribution in [0.25, 0.3) is 27.4 Å². The molecular formula is C23H24N2O. The van der Waals surface area contributed by atoms with Gasteiger partial charge in [-0.15, -0.1) is 0 Å². The quantitative estimate of drug-likeness (QED) is 0.589. The molecule has 1 aromatic carbocycles. The molecule has 3 nitrogen and oxygen atoms in total. The second-order valence-electron chi connectivity index (χ2n) is 7.88. The highest BCUT2D eigenvalue weighted by Crippen LogP contribution is 2.40. The van der Waals surface area contributed by atoms with Crippen LogP contribution in [0, 0.1) is 12.8 Å². The summed E-state index contributed by atoms with van der Waals surface area (Å²) in [4.78, 5) is 8.63. The maximum absolute atomic E-state index is 9.87. The molecule has 5 rings (SSSR count). The normalized spacial score (nSPS) is 20.2. The van der Waals surface area contributed by atoms with Gasteiger partial charge in [-0.3, -0.25) is 0 Å². The summed E-state index contributed by atoms with van der Waals surface area (Å²) in [6.07, 6.45) is 9.34. The van der Waals surface area contributed by atoms with E-state index < -0.39 is 0 Å². The van der Waals surface area contributed by atoms with Gasteiger partial charge in [-0.05, 0) is 79.5 Å². The van der Waals surface area contributed by atoms with E-state index in [1.807, 2.05) is 6.08 Å². The minimum absolute atomic E-state index is 0.300. The molecule has 2 N–H and O–H groups in total. The summed E-state index contributed by atoms with van der Waals surface area (Å²) in [5.41, 5.74) is 8.86. The number of hydrogen-bond acceptors (Lipinski definition) is 2. The lowest BCUT2D eigenvalue weighted by Crippen LogP contribution is -2.13. The molecule has 0 spiro atoms. The van der Waals surface area contributed by atoms with E-state index >= 15 is 0 Å². The van der Waals surface area contributed by atoms with E-state index in [0.29, 0.717) is 18.1 Å². The summed E-state index contributed by atoms with van der Waals surface area (Å²) < 4.78 is 0. The predicted octanol–water partition coefficient (Wildman–Crippen LogP) is 5.77. The Morgan fingerprint density at radius 2 is 1.92 bits per heavy atom. The van der Waals surface area contributed by atoms with Gasteiger partial charge in [0.2, 0.25) is 0 Å². The molecule has 0 bridgehead atoms. The van der Waals surface area contributed by atoms with Crippen LogP contribution in [0.5, 0.6) is 0 Å². The molecule has 26 heavy (non-hydrogen) atoms. The number of nitrogens with one attached hydrogen (secondary N) is 1. The molecule has 1 unspecified atom stereocenters. The van der Waals surface area contributed by atoms with Crippen molar-refractivity contribution >= 4 is 27.4 Å². The Hall–Kier alpha value is -2.55. The zero-order chi connectivity index (χ0) is 17.8. The molecule has 2 aromatic heterocycles. The first-order chi connectivity index (χ1) is 12.6. The fourth-order valence-corrected chi connectivity index (χ4v) is 4.77. The van der Waals surface area contributed by atoms with Crippen LogP contribution < -0.4 is 0 Å². The van der Waals surface area contributed by atoms with Crippen molar-refractivity contribution in [3.05, 3.63) is 58.6 Å². The molecule has 132 valence electrons. The maximum atomic E-state index is 9.87. The summed E-state index contributed by atoms with van der Waals surface area (Å²) in [7, 11) is 0. The van der Waals surface area contributed by atoms with Crippen molar-refractivity contribution in [2.45, 2.75) is 46.0 Å². The second kappa shape index (κ2) is 5.73. The van der Waals surface area contributed by atoms with Gasteiger partial charge in [-0.1, -0.05) is 13.0 Å². The van der Waals surface area contributed by atoms with E-state index in [2.05, 4.69) is 43.1 Å². The van der Waals surface area contributed by atoms with E-state index in [-0.39, 0.29) is 0 Å². The number of H-pyrrole nitrogens is 1. The molecule has 0 amide bonds. The largest absolute Gasteiger partial charge is 0.512 e. The lowest BCUT2D eigenvalue weighted by molar-refractivity contribution is 0.372. The van der Waals surface area contributed by atoms with Crippen molar-refractivity contribution in [2.75, 3.05) is 0 Å². The van der Waals surface area contributed by atoms with Gasteiger partial charge in [-0.2, -0.15) is 0 Å². The predicted molar refractivity (Wildman–Crippen MR) is 107 cm³/mol. The van der Waals surface area contributed by atoms with E-state index in [1.165, 1.54) is 51.5 Å². The number of aromatic amines is 1. The van der Waals surface area contributed by atoms with Gasteiger partial charge in [-0.25, -0.2) is 4.98 Å². The van der Waals surface area contributed by atoms with Crippen molar-refractivity contribution in [3.63, 3.8) is 0 Å². The number of allylic oxidation sites excluding steroid dienone is 4. The Balaban J connectivity index is 1.85. The molecule has 3 heteroatoms. The molecular weight excluding hydrogens is 320 g/mol. The third-order valence-corrected chi connectivity index (χ3v) is 5.98. The number of rotatable bonds is 1. The van der Waals surface area contributed by atoms with Crippen LogP contribution in [0.1, 0.15) is 48.7 Å². The Morgan fingerprint density at radius 1 is 1.12 bits per heavy atom. The zero-order valence-electron chi connectivity index (χ0n) is 15.4. The van der Waals surface area contributed by atoms with Crippen molar-refractivity contribution in [3.8, 4) is 0 Å². The molecule has 0 radical (unpaired) electrons. The van der Waals surface area contributed by atoms with E-state index in [4.69, 9.17) is 4.98 Å². The minimum atomic E-state index is 0.300. The minimum Gasteiger partial charge on any atom is -0.512 e. The fourth-order valence-electron chi connectivity index (χ4n) is 4.77.